The predicted molar refractivity (Wildman–Crippen MR) is 88.9 cm³/mol. The number of pyridine rings is 1. The second kappa shape index (κ2) is 5.81. The van der Waals surface area contributed by atoms with Gasteiger partial charge in [0.1, 0.15) is 5.76 Å². The van der Waals surface area contributed by atoms with Crippen LogP contribution in [0.2, 0.25) is 0 Å². The van der Waals surface area contributed by atoms with E-state index in [4.69, 9.17) is 0 Å². The van der Waals surface area contributed by atoms with E-state index in [1.165, 1.54) is 5.56 Å². The van der Waals surface area contributed by atoms with Crippen LogP contribution in [0.15, 0.2) is 61.1 Å². The van der Waals surface area contributed by atoms with E-state index in [1.54, 1.807) is 6.20 Å². The lowest BCUT2D eigenvalue weighted by Crippen LogP contribution is -2.31. The zero-order valence-corrected chi connectivity index (χ0v) is 12.7. The van der Waals surface area contributed by atoms with Gasteiger partial charge in [0.15, 0.2) is 0 Å². The molecule has 2 unspecified atom stereocenters. The largest absolute Gasteiger partial charge is 0.511 e. The number of aromatic nitrogens is 1. The average Bonchev–Trinajstić information content (AvgIpc) is 3.31. The summed E-state index contributed by atoms with van der Waals surface area (Å²) in [5, 5.41) is 16.4. The molecule has 1 saturated carbocycles. The van der Waals surface area contributed by atoms with Crippen LogP contribution in [0.3, 0.4) is 0 Å². The zero-order chi connectivity index (χ0) is 15.6. The first-order valence-corrected chi connectivity index (χ1v) is 7.46. The van der Waals surface area contributed by atoms with Gasteiger partial charge in [0, 0.05) is 30.5 Å². The molecule has 4 nitrogen and oxygen atoms in total. The Labute approximate surface area is 130 Å². The molecule has 2 aromatic rings. The number of nitrogens with one attached hydrogen (secondary N) is 2. The van der Waals surface area contributed by atoms with Crippen molar-refractivity contribution >= 4 is 5.69 Å². The molecule has 1 aromatic carbocycles. The van der Waals surface area contributed by atoms with E-state index in [-0.39, 0.29) is 17.2 Å². The number of likely N-dealkylation sites (N-methyl/N-ethyl adjacent to an activating group) is 1. The highest BCUT2D eigenvalue weighted by Gasteiger charge is 2.56. The van der Waals surface area contributed by atoms with Crippen LogP contribution in [0, 0.1) is 0 Å². The van der Waals surface area contributed by atoms with Crippen molar-refractivity contribution < 1.29 is 5.11 Å². The standard InChI is InChI=1S/C18H21N3O/c1-13(22)18(19-2)10-17(18)15-6-3-7-16(9-15)21-12-14-5-4-8-20-11-14/h3-9,11,17,19,21-22H,1,10,12H2,2H3. The summed E-state index contributed by atoms with van der Waals surface area (Å²) in [6.45, 7) is 4.45. The maximum Gasteiger partial charge on any atom is 0.106 e. The number of hydrogen-bond donors (Lipinski definition) is 3. The molecule has 0 aliphatic heterocycles. The first kappa shape index (κ1) is 14.6. The van der Waals surface area contributed by atoms with Crippen molar-refractivity contribution in [3.8, 4) is 0 Å². The molecule has 0 amide bonds. The van der Waals surface area contributed by atoms with Crippen LogP contribution >= 0.6 is 0 Å². The molecule has 1 aliphatic rings. The molecular formula is C18H21N3O. The van der Waals surface area contributed by atoms with E-state index in [2.05, 4.69) is 40.4 Å². The number of nitrogens with zero attached hydrogens (tertiary/aromatic N) is 1. The van der Waals surface area contributed by atoms with Gasteiger partial charge in [0.05, 0.1) is 5.54 Å². The van der Waals surface area contributed by atoms with Crippen molar-refractivity contribution in [1.82, 2.24) is 10.3 Å². The average molecular weight is 295 g/mol. The van der Waals surface area contributed by atoms with Crippen molar-refractivity contribution in [2.24, 2.45) is 0 Å². The molecule has 2 atom stereocenters. The van der Waals surface area contributed by atoms with Gasteiger partial charge >= 0.3 is 0 Å². The summed E-state index contributed by atoms with van der Waals surface area (Å²) in [5.74, 6) is 0.490. The van der Waals surface area contributed by atoms with E-state index < -0.39 is 0 Å². The molecule has 0 bridgehead atoms. The van der Waals surface area contributed by atoms with Gasteiger partial charge in [-0.15, -0.1) is 0 Å². The van der Waals surface area contributed by atoms with Crippen molar-refractivity contribution in [3.05, 3.63) is 72.3 Å². The van der Waals surface area contributed by atoms with Gasteiger partial charge in [-0.1, -0.05) is 24.8 Å². The Kier molecular flexibility index (Phi) is 3.86. The van der Waals surface area contributed by atoms with Gasteiger partial charge < -0.3 is 15.7 Å². The number of rotatable bonds is 6. The molecule has 4 heteroatoms. The second-order valence-corrected chi connectivity index (χ2v) is 5.77. The van der Waals surface area contributed by atoms with E-state index in [9.17, 15) is 5.11 Å². The third-order valence-corrected chi connectivity index (χ3v) is 4.43. The highest BCUT2D eigenvalue weighted by molar-refractivity contribution is 5.50. The minimum atomic E-state index is -0.359. The molecule has 0 saturated heterocycles. The Morgan fingerprint density at radius 2 is 2.27 bits per heavy atom. The molecule has 0 spiro atoms. The van der Waals surface area contributed by atoms with Gasteiger partial charge in [0.25, 0.3) is 0 Å². The molecule has 22 heavy (non-hydrogen) atoms. The van der Waals surface area contributed by atoms with Gasteiger partial charge in [-0.3, -0.25) is 4.98 Å². The predicted octanol–water partition coefficient (Wildman–Crippen LogP) is 3.21. The Morgan fingerprint density at radius 3 is 2.91 bits per heavy atom. The summed E-state index contributed by atoms with van der Waals surface area (Å²) in [5.41, 5.74) is 3.07. The fourth-order valence-electron chi connectivity index (χ4n) is 2.98. The van der Waals surface area contributed by atoms with Gasteiger partial charge in [-0.05, 0) is 42.8 Å². The molecular weight excluding hydrogens is 274 g/mol. The minimum Gasteiger partial charge on any atom is -0.511 e. The maximum absolute atomic E-state index is 9.82. The summed E-state index contributed by atoms with van der Waals surface area (Å²) in [4.78, 5) is 4.12. The van der Waals surface area contributed by atoms with Crippen molar-refractivity contribution in [2.75, 3.05) is 12.4 Å². The third kappa shape index (κ3) is 2.70. The topological polar surface area (TPSA) is 57.2 Å². The van der Waals surface area contributed by atoms with E-state index in [1.807, 2.05) is 31.4 Å². The minimum absolute atomic E-state index is 0.216. The lowest BCUT2D eigenvalue weighted by molar-refractivity contribution is 0.336. The molecule has 1 aromatic heterocycles. The van der Waals surface area contributed by atoms with Crippen LogP contribution in [0.4, 0.5) is 5.69 Å². The third-order valence-electron chi connectivity index (χ3n) is 4.43. The maximum atomic E-state index is 9.82. The zero-order valence-electron chi connectivity index (χ0n) is 12.7. The van der Waals surface area contributed by atoms with Crippen LogP contribution in [-0.2, 0) is 6.54 Å². The Hall–Kier alpha value is -2.33. The van der Waals surface area contributed by atoms with Crippen LogP contribution in [0.25, 0.3) is 0 Å². The van der Waals surface area contributed by atoms with Gasteiger partial charge in [-0.25, -0.2) is 0 Å². The van der Waals surface area contributed by atoms with Crippen molar-refractivity contribution in [1.29, 1.82) is 0 Å². The SMILES string of the molecule is C=C(O)C1(NC)CC1c1cccc(NCc2cccnc2)c1. The molecule has 0 radical (unpaired) electrons. The number of hydrogen-bond acceptors (Lipinski definition) is 4. The highest BCUT2D eigenvalue weighted by atomic mass is 16.3. The smallest absolute Gasteiger partial charge is 0.106 e. The first-order valence-electron chi connectivity index (χ1n) is 7.46. The number of aliphatic hydroxyl groups is 1. The second-order valence-electron chi connectivity index (χ2n) is 5.77. The molecule has 114 valence electrons. The molecule has 1 heterocycles. The molecule has 3 N–H and O–H groups in total. The van der Waals surface area contributed by atoms with Crippen molar-refractivity contribution in [2.45, 2.75) is 24.4 Å². The van der Waals surface area contributed by atoms with Gasteiger partial charge in [-0.2, -0.15) is 0 Å². The lowest BCUT2D eigenvalue weighted by Gasteiger charge is -2.15. The Morgan fingerprint density at radius 1 is 1.41 bits per heavy atom. The Balaban J connectivity index is 1.70. The Bertz CT molecular complexity index is 671. The normalized spacial score (nSPS) is 23.0. The summed E-state index contributed by atoms with van der Waals surface area (Å²) in [6.07, 6.45) is 4.51. The summed E-state index contributed by atoms with van der Waals surface area (Å²) in [6, 6.07) is 12.3. The number of benzene rings is 1. The fourth-order valence-corrected chi connectivity index (χ4v) is 2.98. The molecule has 3 rings (SSSR count). The lowest BCUT2D eigenvalue weighted by atomic mass is 10.0. The number of aliphatic hydroxyl groups excluding tert-OH is 1. The van der Waals surface area contributed by atoms with E-state index in [0.717, 1.165) is 24.2 Å². The fraction of sp³-hybridized carbons (Fsp3) is 0.278. The highest BCUT2D eigenvalue weighted by Crippen LogP contribution is 2.54. The van der Waals surface area contributed by atoms with Crippen LogP contribution in [0.5, 0.6) is 0 Å². The van der Waals surface area contributed by atoms with Crippen LogP contribution < -0.4 is 10.6 Å². The monoisotopic (exact) mass is 295 g/mol. The van der Waals surface area contributed by atoms with E-state index in [0.29, 0.717) is 0 Å². The summed E-state index contributed by atoms with van der Waals surface area (Å²) in [7, 11) is 1.87. The summed E-state index contributed by atoms with van der Waals surface area (Å²) >= 11 is 0. The molecule has 1 aliphatic carbocycles. The van der Waals surface area contributed by atoms with Crippen molar-refractivity contribution in [3.63, 3.8) is 0 Å². The molecule has 1 fully saturated rings. The van der Waals surface area contributed by atoms with Crippen LogP contribution in [-0.4, -0.2) is 22.7 Å². The summed E-state index contributed by atoms with van der Waals surface area (Å²) < 4.78 is 0. The van der Waals surface area contributed by atoms with E-state index >= 15 is 0 Å². The first-order chi connectivity index (χ1) is 10.7. The number of anilines is 1. The van der Waals surface area contributed by atoms with Gasteiger partial charge in [0.2, 0.25) is 0 Å². The van der Waals surface area contributed by atoms with Crippen LogP contribution in [0.1, 0.15) is 23.5 Å². The quantitative estimate of drug-likeness (QED) is 0.716.